The van der Waals surface area contributed by atoms with Gasteiger partial charge in [-0.05, 0) is 31.5 Å². The first kappa shape index (κ1) is 10.4. The van der Waals surface area contributed by atoms with E-state index in [-0.39, 0.29) is 0 Å². The number of aryl methyl sites for hydroxylation is 1. The largest absolute Gasteiger partial charge is 0.490 e. The van der Waals surface area contributed by atoms with Crippen molar-refractivity contribution in [2.24, 2.45) is 0 Å². The zero-order chi connectivity index (χ0) is 10.7. The van der Waals surface area contributed by atoms with Gasteiger partial charge in [-0.15, -0.1) is 0 Å². The lowest BCUT2D eigenvalue weighted by molar-refractivity contribution is 0.0559. The number of rotatable bonds is 4. The predicted molar refractivity (Wildman–Crippen MR) is 60.1 cm³/mol. The third-order valence-corrected chi connectivity index (χ3v) is 2.96. The second kappa shape index (κ2) is 4.62. The molecule has 1 atom stereocenters. The summed E-state index contributed by atoms with van der Waals surface area (Å²) in [7, 11) is 0. The summed E-state index contributed by atoms with van der Waals surface area (Å²) < 4.78 is 5.72. The lowest BCUT2D eigenvalue weighted by atomic mass is 10.0. The smallest absolute Gasteiger partial charge is 0.137 e. The molecule has 1 fully saturated rings. The van der Waals surface area contributed by atoms with Gasteiger partial charge in [0.2, 0.25) is 0 Å². The van der Waals surface area contributed by atoms with Gasteiger partial charge in [0.25, 0.3) is 0 Å². The van der Waals surface area contributed by atoms with Gasteiger partial charge in [0, 0.05) is 18.8 Å². The van der Waals surface area contributed by atoms with Gasteiger partial charge in [0.05, 0.1) is 6.20 Å². The quantitative estimate of drug-likeness (QED) is 0.752. The van der Waals surface area contributed by atoms with Crippen LogP contribution in [0.2, 0.25) is 0 Å². The van der Waals surface area contributed by atoms with Crippen molar-refractivity contribution in [2.75, 3.05) is 19.7 Å². The number of hydrogen-bond acceptors (Lipinski definition) is 3. The molecule has 1 saturated heterocycles. The summed E-state index contributed by atoms with van der Waals surface area (Å²) in [6.45, 7) is 7.36. The van der Waals surface area contributed by atoms with Crippen LogP contribution in [0.4, 0.5) is 0 Å². The highest BCUT2D eigenvalue weighted by molar-refractivity contribution is 5.22. The molecule has 3 nitrogen and oxygen atoms in total. The average molecular weight is 206 g/mol. The van der Waals surface area contributed by atoms with Gasteiger partial charge in [0.15, 0.2) is 0 Å². The minimum absolute atomic E-state index is 0.607. The van der Waals surface area contributed by atoms with Crippen molar-refractivity contribution in [3.63, 3.8) is 0 Å². The van der Waals surface area contributed by atoms with Crippen molar-refractivity contribution < 1.29 is 4.74 Å². The number of hydrogen-bond donors (Lipinski definition) is 0. The van der Waals surface area contributed by atoms with Gasteiger partial charge >= 0.3 is 0 Å². The van der Waals surface area contributed by atoms with E-state index in [1.165, 1.54) is 13.0 Å². The molecule has 1 aromatic heterocycles. The molecule has 0 N–H and O–H groups in total. The van der Waals surface area contributed by atoms with E-state index in [2.05, 4.69) is 16.8 Å². The first-order valence-corrected chi connectivity index (χ1v) is 5.58. The number of ether oxygens (including phenoxy) is 1. The first-order valence-electron chi connectivity index (χ1n) is 5.58. The molecule has 1 aromatic rings. The molecule has 1 aliphatic rings. The molecule has 1 aliphatic heterocycles. The molecule has 1 unspecified atom stereocenters. The van der Waals surface area contributed by atoms with Crippen LogP contribution in [-0.4, -0.2) is 35.6 Å². The summed E-state index contributed by atoms with van der Waals surface area (Å²) >= 11 is 0. The zero-order valence-corrected chi connectivity index (χ0v) is 9.44. The molecule has 0 amide bonds. The van der Waals surface area contributed by atoms with Crippen LogP contribution in [0, 0.1) is 6.92 Å². The van der Waals surface area contributed by atoms with Crippen LogP contribution in [-0.2, 0) is 0 Å². The van der Waals surface area contributed by atoms with Crippen LogP contribution in [0.5, 0.6) is 5.75 Å². The average Bonchev–Trinajstić information content (AvgIpc) is 2.17. The Kier molecular flexibility index (Phi) is 3.21. The van der Waals surface area contributed by atoms with E-state index in [4.69, 9.17) is 4.74 Å². The topological polar surface area (TPSA) is 25.4 Å². The summed E-state index contributed by atoms with van der Waals surface area (Å²) in [5.74, 6) is 0.887. The van der Waals surface area contributed by atoms with Gasteiger partial charge in [-0.1, -0.05) is 6.92 Å². The molecule has 0 bridgehead atoms. The van der Waals surface area contributed by atoms with Crippen LogP contribution in [0.15, 0.2) is 18.5 Å². The Morgan fingerprint density at radius 2 is 2.40 bits per heavy atom. The summed E-state index contributed by atoms with van der Waals surface area (Å²) in [6, 6.07) is 2.64. The Morgan fingerprint density at radius 3 is 3.00 bits per heavy atom. The van der Waals surface area contributed by atoms with Crippen molar-refractivity contribution in [1.29, 1.82) is 0 Å². The highest BCUT2D eigenvalue weighted by Crippen LogP contribution is 2.18. The molecule has 15 heavy (non-hydrogen) atoms. The van der Waals surface area contributed by atoms with Crippen molar-refractivity contribution in [3.8, 4) is 5.75 Å². The minimum Gasteiger partial charge on any atom is -0.490 e. The summed E-state index contributed by atoms with van der Waals surface area (Å²) in [5, 5.41) is 0. The monoisotopic (exact) mass is 206 g/mol. The normalized spacial score (nSPS) is 21.1. The second-order valence-corrected chi connectivity index (χ2v) is 4.08. The SMILES string of the molecule is CCN1CCC1COc1cncc(C)c1. The maximum Gasteiger partial charge on any atom is 0.137 e. The Labute approximate surface area is 91.1 Å². The Bertz CT molecular complexity index is 325. The van der Waals surface area contributed by atoms with Crippen LogP contribution in [0.3, 0.4) is 0 Å². The number of likely N-dealkylation sites (tertiary alicyclic amines) is 1. The van der Waals surface area contributed by atoms with E-state index < -0.39 is 0 Å². The summed E-state index contributed by atoms with van der Waals surface area (Å²) in [6.07, 6.45) is 4.88. The van der Waals surface area contributed by atoms with Crippen molar-refractivity contribution in [3.05, 3.63) is 24.0 Å². The molecule has 0 aliphatic carbocycles. The second-order valence-electron chi connectivity index (χ2n) is 4.08. The number of nitrogens with zero attached hydrogens (tertiary/aromatic N) is 2. The van der Waals surface area contributed by atoms with Gasteiger partial charge in [-0.25, -0.2) is 0 Å². The fraction of sp³-hybridized carbons (Fsp3) is 0.583. The highest BCUT2D eigenvalue weighted by Gasteiger charge is 2.26. The molecule has 82 valence electrons. The van der Waals surface area contributed by atoms with E-state index in [1.807, 2.05) is 19.2 Å². The third-order valence-electron chi connectivity index (χ3n) is 2.96. The minimum atomic E-state index is 0.607. The molecule has 2 rings (SSSR count). The van der Waals surface area contributed by atoms with Crippen LogP contribution < -0.4 is 4.74 Å². The molecule has 0 aromatic carbocycles. The highest BCUT2D eigenvalue weighted by atomic mass is 16.5. The van der Waals surface area contributed by atoms with Crippen molar-refractivity contribution in [2.45, 2.75) is 26.3 Å². The van der Waals surface area contributed by atoms with E-state index >= 15 is 0 Å². The fourth-order valence-corrected chi connectivity index (χ4v) is 1.90. The van der Waals surface area contributed by atoms with E-state index in [0.717, 1.165) is 24.5 Å². The maximum atomic E-state index is 5.72. The molecule has 3 heteroatoms. The van der Waals surface area contributed by atoms with E-state index in [0.29, 0.717) is 6.04 Å². The lowest BCUT2D eigenvalue weighted by Gasteiger charge is -2.39. The maximum absolute atomic E-state index is 5.72. The molecule has 0 radical (unpaired) electrons. The van der Waals surface area contributed by atoms with Gasteiger partial charge in [0.1, 0.15) is 12.4 Å². The Hall–Kier alpha value is -1.09. The van der Waals surface area contributed by atoms with Gasteiger partial charge in [-0.2, -0.15) is 0 Å². The van der Waals surface area contributed by atoms with Crippen LogP contribution in [0.1, 0.15) is 18.9 Å². The summed E-state index contributed by atoms with van der Waals surface area (Å²) in [4.78, 5) is 6.54. The standard InChI is InChI=1S/C12H18N2O/c1-3-14-5-4-11(14)9-15-12-6-10(2)7-13-8-12/h6-8,11H,3-5,9H2,1-2H3. The van der Waals surface area contributed by atoms with E-state index in [1.54, 1.807) is 6.20 Å². The molecular formula is C12H18N2O. The first-order chi connectivity index (χ1) is 7.29. The van der Waals surface area contributed by atoms with Gasteiger partial charge < -0.3 is 4.74 Å². The molecule has 2 heterocycles. The van der Waals surface area contributed by atoms with Gasteiger partial charge in [-0.3, -0.25) is 9.88 Å². The molecule has 0 spiro atoms. The van der Waals surface area contributed by atoms with Crippen molar-refractivity contribution in [1.82, 2.24) is 9.88 Å². The van der Waals surface area contributed by atoms with Crippen molar-refractivity contribution >= 4 is 0 Å². The summed E-state index contributed by atoms with van der Waals surface area (Å²) in [5.41, 5.74) is 1.15. The third kappa shape index (κ3) is 2.48. The number of likely N-dealkylation sites (N-methyl/N-ethyl adjacent to an activating group) is 1. The zero-order valence-electron chi connectivity index (χ0n) is 9.44. The molecular weight excluding hydrogens is 188 g/mol. The molecule has 0 saturated carbocycles. The van der Waals surface area contributed by atoms with Crippen LogP contribution in [0.25, 0.3) is 0 Å². The Balaban J connectivity index is 1.83. The Morgan fingerprint density at radius 1 is 1.53 bits per heavy atom. The lowest BCUT2D eigenvalue weighted by Crippen LogP contribution is -2.50. The van der Waals surface area contributed by atoms with E-state index in [9.17, 15) is 0 Å². The fourth-order valence-electron chi connectivity index (χ4n) is 1.90. The number of aromatic nitrogens is 1. The number of pyridine rings is 1. The van der Waals surface area contributed by atoms with Crippen LogP contribution >= 0.6 is 0 Å². The predicted octanol–water partition coefficient (Wildman–Crippen LogP) is 1.86.